The monoisotopic (exact) mass is 412 g/mol. The lowest BCUT2D eigenvalue weighted by Crippen LogP contribution is -1.97. The first-order valence-corrected chi connectivity index (χ1v) is 10.2. The molecular weight excluding hydrogens is 388 g/mol. The highest BCUT2D eigenvalue weighted by atomic mass is 16.5. The number of nitrogens with zero attached hydrogens (tertiary/aromatic N) is 5. The standard InChI is InChI=1S/C22H18N6O.C2H6/c1-14-3-5-19-18(9-14)22(25-12-23-19)27-16-4-6-20(15(2)10-16)29-17-7-8-28-21(11-17)24-13-26-28;1-2/h3-13H,1-2H3,(H,23,25,27);1-2H3. The van der Waals surface area contributed by atoms with Crippen LogP contribution < -0.4 is 10.1 Å². The van der Waals surface area contributed by atoms with Gasteiger partial charge >= 0.3 is 0 Å². The molecule has 3 aromatic heterocycles. The Balaban J connectivity index is 0.00000112. The second-order valence-corrected chi connectivity index (χ2v) is 6.88. The van der Waals surface area contributed by atoms with E-state index in [-0.39, 0.29) is 0 Å². The molecule has 0 saturated carbocycles. The van der Waals surface area contributed by atoms with Gasteiger partial charge in [0, 0.05) is 23.3 Å². The SMILES string of the molecule is CC.Cc1ccc2ncnc(Nc3ccc(Oc4ccn5ncnc5c4)c(C)c3)c2c1. The first-order chi connectivity index (χ1) is 15.2. The van der Waals surface area contributed by atoms with Crippen molar-refractivity contribution in [1.29, 1.82) is 0 Å². The summed E-state index contributed by atoms with van der Waals surface area (Å²) in [6, 6.07) is 15.8. The van der Waals surface area contributed by atoms with Gasteiger partial charge in [0.25, 0.3) is 0 Å². The van der Waals surface area contributed by atoms with E-state index in [9.17, 15) is 0 Å². The van der Waals surface area contributed by atoms with Gasteiger partial charge in [0.2, 0.25) is 0 Å². The smallest absolute Gasteiger partial charge is 0.158 e. The minimum Gasteiger partial charge on any atom is -0.457 e. The molecule has 0 atom stereocenters. The molecule has 3 heterocycles. The van der Waals surface area contributed by atoms with Gasteiger partial charge in [-0.3, -0.25) is 0 Å². The number of nitrogens with one attached hydrogen (secondary N) is 1. The van der Waals surface area contributed by atoms with Gasteiger partial charge < -0.3 is 10.1 Å². The first kappa shape index (κ1) is 20.3. The number of fused-ring (bicyclic) bond motifs is 2. The van der Waals surface area contributed by atoms with Gasteiger partial charge in [0.1, 0.15) is 30.0 Å². The molecule has 1 N–H and O–H groups in total. The number of aromatic nitrogens is 5. The molecular formula is C24H24N6O. The van der Waals surface area contributed by atoms with Crippen LogP contribution in [0.5, 0.6) is 11.5 Å². The molecule has 0 fully saturated rings. The lowest BCUT2D eigenvalue weighted by Gasteiger charge is -2.12. The van der Waals surface area contributed by atoms with Crippen LogP contribution in [0.3, 0.4) is 0 Å². The van der Waals surface area contributed by atoms with Gasteiger partial charge in [-0.25, -0.2) is 19.5 Å². The van der Waals surface area contributed by atoms with E-state index in [0.717, 1.165) is 39.4 Å². The summed E-state index contributed by atoms with van der Waals surface area (Å²) in [6.07, 6.45) is 4.92. The van der Waals surface area contributed by atoms with Crippen LogP contribution in [0.1, 0.15) is 25.0 Å². The molecule has 5 aromatic rings. The summed E-state index contributed by atoms with van der Waals surface area (Å²) in [5.74, 6) is 2.28. The number of pyridine rings is 1. The topological polar surface area (TPSA) is 77.2 Å². The average molecular weight is 412 g/mol. The van der Waals surface area contributed by atoms with Gasteiger partial charge in [-0.15, -0.1) is 0 Å². The Morgan fingerprint density at radius 1 is 0.871 bits per heavy atom. The zero-order valence-electron chi connectivity index (χ0n) is 18.0. The minimum absolute atomic E-state index is 0.714. The van der Waals surface area contributed by atoms with Crippen LogP contribution in [-0.2, 0) is 0 Å². The lowest BCUT2D eigenvalue weighted by atomic mass is 10.1. The third kappa shape index (κ3) is 4.30. The zero-order valence-corrected chi connectivity index (χ0v) is 18.0. The predicted molar refractivity (Wildman–Crippen MR) is 123 cm³/mol. The highest BCUT2D eigenvalue weighted by Gasteiger charge is 2.08. The predicted octanol–water partition coefficient (Wildman–Crippen LogP) is 5.85. The Morgan fingerprint density at radius 2 is 1.74 bits per heavy atom. The molecule has 0 spiro atoms. The maximum atomic E-state index is 6.04. The fraction of sp³-hybridized carbons (Fsp3) is 0.167. The van der Waals surface area contributed by atoms with Crippen molar-refractivity contribution in [2.45, 2.75) is 27.7 Å². The van der Waals surface area contributed by atoms with E-state index < -0.39 is 0 Å². The number of hydrogen-bond donors (Lipinski definition) is 1. The van der Waals surface area contributed by atoms with Crippen molar-refractivity contribution in [3.05, 3.63) is 78.5 Å². The number of anilines is 2. The minimum atomic E-state index is 0.714. The van der Waals surface area contributed by atoms with E-state index in [2.05, 4.69) is 38.4 Å². The fourth-order valence-electron chi connectivity index (χ4n) is 3.24. The molecule has 7 nitrogen and oxygen atoms in total. The number of ether oxygens (including phenoxy) is 1. The van der Waals surface area contributed by atoms with Crippen molar-refractivity contribution in [1.82, 2.24) is 24.6 Å². The highest BCUT2D eigenvalue weighted by molar-refractivity contribution is 5.91. The maximum Gasteiger partial charge on any atom is 0.158 e. The molecule has 31 heavy (non-hydrogen) atoms. The average Bonchev–Trinajstić information content (AvgIpc) is 3.25. The molecule has 2 aromatic carbocycles. The molecule has 0 aliphatic rings. The Bertz CT molecular complexity index is 1340. The molecule has 0 aliphatic carbocycles. The van der Waals surface area contributed by atoms with Crippen molar-refractivity contribution >= 4 is 28.1 Å². The molecule has 0 unspecified atom stereocenters. The number of hydrogen-bond acceptors (Lipinski definition) is 6. The van der Waals surface area contributed by atoms with E-state index in [0.29, 0.717) is 5.75 Å². The van der Waals surface area contributed by atoms with E-state index in [1.54, 1.807) is 10.8 Å². The first-order valence-electron chi connectivity index (χ1n) is 10.2. The highest BCUT2D eigenvalue weighted by Crippen LogP contribution is 2.30. The van der Waals surface area contributed by atoms with Gasteiger partial charge in [-0.2, -0.15) is 5.10 Å². The van der Waals surface area contributed by atoms with Crippen LogP contribution in [-0.4, -0.2) is 24.6 Å². The Labute approximate surface area is 180 Å². The summed E-state index contributed by atoms with van der Waals surface area (Å²) in [6.45, 7) is 8.07. The molecule has 5 rings (SSSR count). The van der Waals surface area contributed by atoms with Gasteiger partial charge in [-0.1, -0.05) is 25.5 Å². The van der Waals surface area contributed by atoms with Crippen LogP contribution in [0.15, 0.2) is 67.4 Å². The molecule has 7 heteroatoms. The van der Waals surface area contributed by atoms with E-state index >= 15 is 0 Å². The maximum absolute atomic E-state index is 6.04. The quantitative estimate of drug-likeness (QED) is 0.399. The Kier molecular flexibility index (Phi) is 5.75. The fourth-order valence-corrected chi connectivity index (χ4v) is 3.24. The van der Waals surface area contributed by atoms with Crippen molar-refractivity contribution in [3.8, 4) is 11.5 Å². The normalized spacial score (nSPS) is 10.6. The Hall–Kier alpha value is -4.00. The molecule has 0 bridgehead atoms. The van der Waals surface area contributed by atoms with Crippen molar-refractivity contribution < 1.29 is 4.74 Å². The number of aryl methyl sites for hydroxylation is 2. The van der Waals surface area contributed by atoms with Crippen LogP contribution >= 0.6 is 0 Å². The summed E-state index contributed by atoms with van der Waals surface area (Å²) < 4.78 is 7.74. The lowest BCUT2D eigenvalue weighted by molar-refractivity contribution is 0.478. The van der Waals surface area contributed by atoms with Crippen molar-refractivity contribution in [2.75, 3.05) is 5.32 Å². The summed E-state index contributed by atoms with van der Waals surface area (Å²) in [4.78, 5) is 12.9. The van der Waals surface area contributed by atoms with Crippen LogP contribution in [0.2, 0.25) is 0 Å². The zero-order chi connectivity index (χ0) is 21.8. The molecule has 0 amide bonds. The van der Waals surface area contributed by atoms with Crippen molar-refractivity contribution in [3.63, 3.8) is 0 Å². The molecule has 0 saturated heterocycles. The van der Waals surface area contributed by atoms with Crippen LogP contribution in [0.25, 0.3) is 16.6 Å². The summed E-state index contributed by atoms with van der Waals surface area (Å²) in [5.41, 5.74) is 4.76. The largest absolute Gasteiger partial charge is 0.457 e. The third-order valence-corrected chi connectivity index (χ3v) is 4.71. The molecule has 0 aliphatic heterocycles. The summed E-state index contributed by atoms with van der Waals surface area (Å²) in [5, 5.41) is 8.49. The van der Waals surface area contributed by atoms with Gasteiger partial charge in [0.15, 0.2) is 5.65 Å². The third-order valence-electron chi connectivity index (χ3n) is 4.71. The van der Waals surface area contributed by atoms with Gasteiger partial charge in [-0.05, 0) is 55.8 Å². The van der Waals surface area contributed by atoms with E-state index in [4.69, 9.17) is 4.74 Å². The summed E-state index contributed by atoms with van der Waals surface area (Å²) >= 11 is 0. The van der Waals surface area contributed by atoms with Crippen LogP contribution in [0.4, 0.5) is 11.5 Å². The van der Waals surface area contributed by atoms with Crippen molar-refractivity contribution in [2.24, 2.45) is 0 Å². The summed E-state index contributed by atoms with van der Waals surface area (Å²) in [7, 11) is 0. The molecule has 156 valence electrons. The number of benzene rings is 2. The number of rotatable bonds is 4. The van der Waals surface area contributed by atoms with Crippen LogP contribution in [0, 0.1) is 13.8 Å². The molecule has 0 radical (unpaired) electrons. The second-order valence-electron chi connectivity index (χ2n) is 6.88. The second kappa shape index (κ2) is 8.79. The van der Waals surface area contributed by atoms with E-state index in [1.165, 1.54) is 11.9 Å². The van der Waals surface area contributed by atoms with Gasteiger partial charge in [0.05, 0.1) is 5.52 Å². The Morgan fingerprint density at radius 3 is 2.58 bits per heavy atom. The van der Waals surface area contributed by atoms with E-state index in [1.807, 2.05) is 69.4 Å².